The third-order valence-corrected chi connectivity index (χ3v) is 1.11. The molecule has 0 aliphatic rings. The zero-order valence-electron chi connectivity index (χ0n) is 7.19. The first-order valence-electron chi connectivity index (χ1n) is 3.53. The van der Waals surface area contributed by atoms with Crippen molar-refractivity contribution in [1.29, 1.82) is 0 Å². The van der Waals surface area contributed by atoms with E-state index in [-0.39, 0.29) is 0 Å². The monoisotopic (exact) mass is 170 g/mol. The van der Waals surface area contributed by atoms with Crippen LogP contribution in [0.3, 0.4) is 0 Å². The van der Waals surface area contributed by atoms with Crippen molar-refractivity contribution in [2.45, 2.75) is 13.3 Å². The normalized spacial score (nSPS) is 10.1. The highest BCUT2D eigenvalue weighted by Crippen LogP contribution is 1.93. The van der Waals surface area contributed by atoms with Gasteiger partial charge in [0.05, 0.1) is 13.8 Å². The van der Waals surface area contributed by atoms with Gasteiger partial charge in [0.15, 0.2) is 0 Å². The Morgan fingerprint density at radius 3 is 2.75 bits per heavy atom. The van der Waals surface area contributed by atoms with Crippen molar-refractivity contribution in [2.75, 3.05) is 13.8 Å². The van der Waals surface area contributed by atoms with Crippen molar-refractivity contribution in [3.8, 4) is 11.8 Å². The van der Waals surface area contributed by atoms with Crippen LogP contribution in [0, 0.1) is 11.8 Å². The van der Waals surface area contributed by atoms with Crippen LogP contribution in [0.25, 0.3) is 0 Å². The van der Waals surface area contributed by atoms with Gasteiger partial charge >= 0.3 is 5.97 Å². The van der Waals surface area contributed by atoms with Crippen LogP contribution in [0.4, 0.5) is 4.39 Å². The fourth-order valence-electron chi connectivity index (χ4n) is 0.523. The number of esters is 1. The summed E-state index contributed by atoms with van der Waals surface area (Å²) < 4.78 is 15.9. The zero-order chi connectivity index (χ0) is 9.40. The number of carbonyl (C=O) groups excluding carboxylic acids is 1. The molecule has 2 nitrogen and oxygen atoms in total. The first-order chi connectivity index (χ1) is 5.70. The van der Waals surface area contributed by atoms with Crippen LogP contribution < -0.4 is 0 Å². The summed E-state index contributed by atoms with van der Waals surface area (Å²) in [6.07, 6.45) is 1.97. The molecule has 0 amide bonds. The lowest BCUT2D eigenvalue weighted by atomic mass is 10.2. The fourth-order valence-corrected chi connectivity index (χ4v) is 0.523. The van der Waals surface area contributed by atoms with Crippen molar-refractivity contribution < 1.29 is 13.9 Å². The van der Waals surface area contributed by atoms with Crippen molar-refractivity contribution >= 4 is 5.97 Å². The topological polar surface area (TPSA) is 26.3 Å². The molecule has 0 fully saturated rings. The first-order valence-corrected chi connectivity index (χ1v) is 3.53. The Morgan fingerprint density at radius 1 is 1.58 bits per heavy atom. The average Bonchev–Trinajstić information content (AvgIpc) is 2.10. The van der Waals surface area contributed by atoms with E-state index in [2.05, 4.69) is 16.6 Å². The van der Waals surface area contributed by atoms with Crippen LogP contribution >= 0.6 is 0 Å². The van der Waals surface area contributed by atoms with Crippen molar-refractivity contribution in [3.05, 3.63) is 11.6 Å². The van der Waals surface area contributed by atoms with Gasteiger partial charge in [-0.2, -0.15) is 0 Å². The van der Waals surface area contributed by atoms with E-state index >= 15 is 0 Å². The van der Waals surface area contributed by atoms with Gasteiger partial charge in [-0.15, -0.1) is 0 Å². The van der Waals surface area contributed by atoms with E-state index in [1.54, 1.807) is 13.0 Å². The van der Waals surface area contributed by atoms with Crippen LogP contribution in [0.2, 0.25) is 0 Å². The van der Waals surface area contributed by atoms with E-state index in [1.807, 2.05) is 0 Å². The molecule has 0 radical (unpaired) electrons. The average molecular weight is 170 g/mol. The Morgan fingerprint density at radius 2 is 2.25 bits per heavy atom. The summed E-state index contributed by atoms with van der Waals surface area (Å²) in [5.74, 6) is 4.20. The summed E-state index contributed by atoms with van der Waals surface area (Å²) in [4.78, 5) is 10.5. The molecular formula is C9H11FO2. The molecule has 0 rings (SSSR count). The Kier molecular flexibility index (Phi) is 5.72. The fraction of sp³-hybridized carbons (Fsp3) is 0.444. The van der Waals surface area contributed by atoms with Gasteiger partial charge in [-0.1, -0.05) is 12.0 Å². The molecule has 0 unspecified atom stereocenters. The third kappa shape index (κ3) is 5.48. The number of halogens is 1. The van der Waals surface area contributed by atoms with Gasteiger partial charge in [-0.05, 0) is 18.9 Å². The second kappa shape index (κ2) is 6.41. The number of allylic oxidation sites excluding steroid dienone is 2. The maximum atomic E-state index is 11.6. The molecule has 0 N–H and O–H groups in total. The van der Waals surface area contributed by atoms with E-state index < -0.39 is 12.6 Å². The highest BCUT2D eigenvalue weighted by Gasteiger charge is 1.88. The van der Waals surface area contributed by atoms with E-state index in [4.69, 9.17) is 0 Å². The van der Waals surface area contributed by atoms with E-state index in [9.17, 15) is 9.18 Å². The van der Waals surface area contributed by atoms with Crippen LogP contribution in [0.5, 0.6) is 0 Å². The second-order valence-electron chi connectivity index (χ2n) is 2.11. The lowest BCUT2D eigenvalue weighted by Crippen LogP contribution is -1.94. The van der Waals surface area contributed by atoms with Crippen LogP contribution in [-0.4, -0.2) is 19.8 Å². The van der Waals surface area contributed by atoms with E-state index in [1.165, 1.54) is 7.11 Å². The standard InChI is InChI=1S/C9H11FO2/c1-8(4-3-7-10)5-6-9(11)12-2/h4H,3,7H2,1-2H3/b8-4-. The molecular weight excluding hydrogens is 159 g/mol. The van der Waals surface area contributed by atoms with Crippen molar-refractivity contribution in [3.63, 3.8) is 0 Å². The van der Waals surface area contributed by atoms with E-state index in [0.717, 1.165) is 0 Å². The van der Waals surface area contributed by atoms with E-state index in [0.29, 0.717) is 12.0 Å². The highest BCUT2D eigenvalue weighted by atomic mass is 19.1. The predicted octanol–water partition coefficient (Wildman–Crippen LogP) is 1.47. The molecule has 0 aromatic heterocycles. The van der Waals surface area contributed by atoms with Gasteiger partial charge in [0.1, 0.15) is 0 Å². The van der Waals surface area contributed by atoms with Crippen molar-refractivity contribution in [2.24, 2.45) is 0 Å². The first kappa shape index (κ1) is 10.7. The minimum atomic E-state index is -0.581. The van der Waals surface area contributed by atoms with Gasteiger partial charge in [0.2, 0.25) is 0 Å². The maximum Gasteiger partial charge on any atom is 0.384 e. The largest absolute Gasteiger partial charge is 0.459 e. The molecule has 0 saturated heterocycles. The lowest BCUT2D eigenvalue weighted by molar-refractivity contribution is -0.133. The van der Waals surface area contributed by atoms with Crippen molar-refractivity contribution in [1.82, 2.24) is 0 Å². The predicted molar refractivity (Wildman–Crippen MR) is 44.1 cm³/mol. The number of ether oxygens (including phenoxy) is 1. The van der Waals surface area contributed by atoms with Gasteiger partial charge in [0.25, 0.3) is 0 Å². The summed E-state index contributed by atoms with van der Waals surface area (Å²) in [6.45, 7) is 1.31. The number of methoxy groups -OCH3 is 1. The number of alkyl halides is 1. The molecule has 0 atom stereocenters. The molecule has 0 aliphatic heterocycles. The lowest BCUT2D eigenvalue weighted by Gasteiger charge is -1.87. The molecule has 0 saturated carbocycles. The summed E-state index contributed by atoms with van der Waals surface area (Å²) >= 11 is 0. The Hall–Kier alpha value is -1.30. The van der Waals surface area contributed by atoms with Gasteiger partial charge < -0.3 is 4.74 Å². The molecule has 12 heavy (non-hydrogen) atoms. The number of carbonyl (C=O) groups is 1. The Bertz CT molecular complexity index is 233. The second-order valence-corrected chi connectivity index (χ2v) is 2.11. The third-order valence-electron chi connectivity index (χ3n) is 1.11. The molecule has 0 spiro atoms. The molecule has 66 valence electrons. The highest BCUT2D eigenvalue weighted by molar-refractivity contribution is 5.88. The molecule has 0 aromatic carbocycles. The quantitative estimate of drug-likeness (QED) is 0.356. The van der Waals surface area contributed by atoms with Gasteiger partial charge in [0, 0.05) is 5.92 Å². The van der Waals surface area contributed by atoms with Crippen LogP contribution in [0.15, 0.2) is 11.6 Å². The molecule has 0 aliphatic carbocycles. The summed E-state index contributed by atoms with van der Waals surface area (Å²) in [5.41, 5.74) is 0.679. The zero-order valence-corrected chi connectivity index (χ0v) is 7.19. The number of rotatable bonds is 2. The number of hydrogen-bond donors (Lipinski definition) is 0. The number of hydrogen-bond acceptors (Lipinski definition) is 2. The molecule has 3 heteroatoms. The Labute approximate surface area is 71.4 Å². The Balaban J connectivity index is 4.02. The summed E-state index contributed by atoms with van der Waals surface area (Å²) in [6, 6.07) is 0. The minimum absolute atomic E-state index is 0.335. The SMILES string of the molecule is COC(=O)C#C/C(C)=C\CCF. The molecule has 0 heterocycles. The minimum Gasteiger partial charge on any atom is -0.459 e. The summed E-state index contributed by atoms with van der Waals surface area (Å²) in [7, 11) is 1.26. The smallest absolute Gasteiger partial charge is 0.384 e. The maximum absolute atomic E-state index is 11.6. The van der Waals surface area contributed by atoms with Crippen LogP contribution in [0.1, 0.15) is 13.3 Å². The van der Waals surface area contributed by atoms with Crippen LogP contribution in [-0.2, 0) is 9.53 Å². The van der Waals surface area contributed by atoms with Gasteiger partial charge in [-0.3, -0.25) is 4.39 Å². The molecule has 0 aromatic rings. The summed E-state index contributed by atoms with van der Waals surface area (Å²) in [5, 5.41) is 0. The van der Waals surface area contributed by atoms with Gasteiger partial charge in [-0.25, -0.2) is 4.79 Å². The molecule has 0 bridgehead atoms.